The van der Waals surface area contributed by atoms with Gasteiger partial charge in [-0.2, -0.15) is 0 Å². The predicted octanol–water partition coefficient (Wildman–Crippen LogP) is 4.63. The maximum atomic E-state index is 6.03. The number of nitrogens with one attached hydrogen (secondary N) is 1. The van der Waals surface area contributed by atoms with Crippen LogP contribution in [0.15, 0.2) is 67.1 Å². The van der Waals surface area contributed by atoms with Gasteiger partial charge >= 0.3 is 0 Å². The van der Waals surface area contributed by atoms with Crippen molar-refractivity contribution in [2.24, 2.45) is 0 Å². The lowest BCUT2D eigenvalue weighted by atomic mass is 10.1. The lowest BCUT2D eigenvalue weighted by Crippen LogP contribution is -2.36. The molecule has 0 aliphatic carbocycles. The van der Waals surface area contributed by atoms with Crippen LogP contribution in [0.3, 0.4) is 0 Å². The number of hydrogen-bond acceptors (Lipinski definition) is 5. The largest absolute Gasteiger partial charge is 0.378 e. The molecular formula is C22H20ClN5O. The number of imidazole rings is 1. The summed E-state index contributed by atoms with van der Waals surface area (Å²) in [5.74, 6) is 0.892. The first-order chi connectivity index (χ1) is 14.3. The molecule has 1 N–H and O–H groups in total. The molecule has 5 rings (SSSR count). The first-order valence-corrected chi connectivity index (χ1v) is 9.93. The molecule has 2 aromatic heterocycles. The smallest absolute Gasteiger partial charge is 0.157 e. The molecule has 0 saturated carbocycles. The van der Waals surface area contributed by atoms with Crippen molar-refractivity contribution in [2.75, 3.05) is 36.5 Å². The second kappa shape index (κ2) is 7.73. The summed E-state index contributed by atoms with van der Waals surface area (Å²) in [6.07, 6.45) is 5.43. The summed E-state index contributed by atoms with van der Waals surface area (Å²) in [7, 11) is 0. The molecule has 146 valence electrons. The highest BCUT2D eigenvalue weighted by Gasteiger charge is 2.16. The number of fused-ring (bicyclic) bond motifs is 1. The van der Waals surface area contributed by atoms with Crippen molar-refractivity contribution in [2.45, 2.75) is 0 Å². The van der Waals surface area contributed by atoms with E-state index in [0.29, 0.717) is 5.02 Å². The molecule has 0 amide bonds. The van der Waals surface area contributed by atoms with Crippen LogP contribution >= 0.6 is 11.6 Å². The highest BCUT2D eigenvalue weighted by molar-refractivity contribution is 6.30. The number of nitrogens with zero attached hydrogens (tertiary/aromatic N) is 4. The van der Waals surface area contributed by atoms with E-state index in [0.717, 1.165) is 54.7 Å². The molecule has 4 aromatic rings. The number of aromatic nitrogens is 3. The Hall–Kier alpha value is -3.09. The average Bonchev–Trinajstić information content (AvgIpc) is 3.14. The van der Waals surface area contributed by atoms with E-state index in [4.69, 9.17) is 21.3 Å². The zero-order valence-corrected chi connectivity index (χ0v) is 16.5. The zero-order valence-electron chi connectivity index (χ0n) is 15.8. The van der Waals surface area contributed by atoms with E-state index in [9.17, 15) is 0 Å². The van der Waals surface area contributed by atoms with Crippen LogP contribution in [0.25, 0.3) is 16.9 Å². The summed E-state index contributed by atoms with van der Waals surface area (Å²) in [5.41, 5.74) is 4.86. The number of ether oxygens (including phenoxy) is 1. The summed E-state index contributed by atoms with van der Waals surface area (Å²) in [6.45, 7) is 3.39. The van der Waals surface area contributed by atoms with Crippen molar-refractivity contribution in [3.05, 3.63) is 72.1 Å². The number of halogens is 1. The molecule has 0 unspecified atom stereocenters. The molecule has 1 fully saturated rings. The third kappa shape index (κ3) is 3.64. The Bertz CT molecular complexity index is 1120. The van der Waals surface area contributed by atoms with Crippen molar-refractivity contribution in [3.8, 4) is 11.3 Å². The molecule has 0 radical (unpaired) electrons. The Kier molecular flexibility index (Phi) is 4.79. The van der Waals surface area contributed by atoms with Gasteiger partial charge in [-0.05, 0) is 36.4 Å². The highest BCUT2D eigenvalue weighted by Crippen LogP contribution is 2.32. The Morgan fingerprint density at radius 3 is 2.48 bits per heavy atom. The van der Waals surface area contributed by atoms with E-state index in [1.165, 1.54) is 5.69 Å². The fourth-order valence-electron chi connectivity index (χ4n) is 3.55. The van der Waals surface area contributed by atoms with Gasteiger partial charge in [0.1, 0.15) is 11.5 Å². The van der Waals surface area contributed by atoms with Crippen molar-refractivity contribution in [1.29, 1.82) is 0 Å². The first kappa shape index (κ1) is 18.0. The van der Waals surface area contributed by atoms with Crippen molar-refractivity contribution in [3.63, 3.8) is 0 Å². The van der Waals surface area contributed by atoms with Gasteiger partial charge in [0.2, 0.25) is 0 Å². The van der Waals surface area contributed by atoms with Crippen LogP contribution in [0.1, 0.15) is 0 Å². The molecule has 0 bridgehead atoms. The van der Waals surface area contributed by atoms with Gasteiger partial charge in [0.05, 0.1) is 19.4 Å². The Morgan fingerprint density at radius 2 is 1.72 bits per heavy atom. The van der Waals surface area contributed by atoms with Gasteiger partial charge in [-0.3, -0.25) is 9.38 Å². The Morgan fingerprint density at radius 1 is 0.966 bits per heavy atom. The van der Waals surface area contributed by atoms with E-state index in [1.807, 2.05) is 34.9 Å². The van der Waals surface area contributed by atoms with Crippen LogP contribution in [-0.2, 0) is 4.74 Å². The van der Waals surface area contributed by atoms with Crippen molar-refractivity contribution < 1.29 is 4.74 Å². The average molecular weight is 406 g/mol. The number of anilines is 3. The SMILES string of the molecule is Clc1ccc(Nc2c(-c3ccc(N4CCOCC4)cc3)nc3cnccn23)cc1. The quantitative estimate of drug-likeness (QED) is 0.536. The third-order valence-corrected chi connectivity index (χ3v) is 5.31. The van der Waals surface area contributed by atoms with Crippen molar-refractivity contribution >= 4 is 34.4 Å². The zero-order chi connectivity index (χ0) is 19.6. The minimum atomic E-state index is 0.705. The minimum Gasteiger partial charge on any atom is -0.378 e. The fourth-order valence-corrected chi connectivity index (χ4v) is 3.68. The molecule has 0 atom stereocenters. The maximum absolute atomic E-state index is 6.03. The molecule has 1 aliphatic rings. The second-order valence-corrected chi connectivity index (χ2v) is 7.33. The van der Waals surface area contributed by atoms with E-state index in [2.05, 4.69) is 39.5 Å². The summed E-state index contributed by atoms with van der Waals surface area (Å²) in [4.78, 5) is 11.4. The molecule has 29 heavy (non-hydrogen) atoms. The topological polar surface area (TPSA) is 54.7 Å². The molecule has 6 nitrogen and oxygen atoms in total. The van der Waals surface area contributed by atoms with E-state index >= 15 is 0 Å². The molecule has 1 aliphatic heterocycles. The normalized spacial score (nSPS) is 14.3. The minimum absolute atomic E-state index is 0.705. The maximum Gasteiger partial charge on any atom is 0.157 e. The van der Waals surface area contributed by atoms with Gasteiger partial charge in [0, 0.05) is 47.4 Å². The van der Waals surface area contributed by atoms with Crippen LogP contribution in [0.4, 0.5) is 17.2 Å². The number of benzene rings is 2. The van der Waals surface area contributed by atoms with Gasteiger partial charge in [-0.15, -0.1) is 0 Å². The van der Waals surface area contributed by atoms with Crippen LogP contribution in [0.2, 0.25) is 5.02 Å². The lowest BCUT2D eigenvalue weighted by molar-refractivity contribution is 0.122. The molecule has 1 saturated heterocycles. The summed E-state index contributed by atoms with van der Waals surface area (Å²) < 4.78 is 7.46. The Labute approximate surface area is 173 Å². The highest BCUT2D eigenvalue weighted by atomic mass is 35.5. The van der Waals surface area contributed by atoms with Crippen LogP contribution < -0.4 is 10.2 Å². The molecule has 3 heterocycles. The van der Waals surface area contributed by atoms with Gasteiger partial charge in [-0.25, -0.2) is 4.98 Å². The van der Waals surface area contributed by atoms with Gasteiger partial charge in [0.15, 0.2) is 5.65 Å². The molecule has 0 spiro atoms. The molecule has 2 aromatic carbocycles. The summed E-state index contributed by atoms with van der Waals surface area (Å²) >= 11 is 6.03. The Balaban J connectivity index is 1.52. The van der Waals surface area contributed by atoms with Crippen LogP contribution in [-0.4, -0.2) is 40.7 Å². The van der Waals surface area contributed by atoms with Crippen molar-refractivity contribution in [1.82, 2.24) is 14.4 Å². The number of rotatable bonds is 4. The number of hydrogen-bond donors (Lipinski definition) is 1. The van der Waals surface area contributed by atoms with E-state index in [-0.39, 0.29) is 0 Å². The second-order valence-electron chi connectivity index (χ2n) is 6.89. The van der Waals surface area contributed by atoms with Gasteiger partial charge in [0.25, 0.3) is 0 Å². The fraction of sp³-hybridized carbons (Fsp3) is 0.182. The monoisotopic (exact) mass is 405 g/mol. The first-order valence-electron chi connectivity index (χ1n) is 9.56. The van der Waals surface area contributed by atoms with Crippen LogP contribution in [0.5, 0.6) is 0 Å². The molecule has 7 heteroatoms. The van der Waals surface area contributed by atoms with Gasteiger partial charge < -0.3 is 15.0 Å². The van der Waals surface area contributed by atoms with E-state index < -0.39 is 0 Å². The predicted molar refractivity (Wildman–Crippen MR) is 116 cm³/mol. The number of morpholine rings is 1. The van der Waals surface area contributed by atoms with Crippen LogP contribution in [0, 0.1) is 0 Å². The third-order valence-electron chi connectivity index (χ3n) is 5.05. The molecular weight excluding hydrogens is 386 g/mol. The van der Waals surface area contributed by atoms with Gasteiger partial charge in [-0.1, -0.05) is 23.7 Å². The van der Waals surface area contributed by atoms with E-state index in [1.54, 1.807) is 12.4 Å². The standard InChI is InChI=1S/C22H20ClN5O/c23-17-3-5-18(6-4-17)25-22-21(26-20-15-24-9-10-28(20)22)16-1-7-19(8-2-16)27-11-13-29-14-12-27/h1-10,15,25H,11-14H2. The lowest BCUT2D eigenvalue weighted by Gasteiger charge is -2.28. The summed E-state index contributed by atoms with van der Waals surface area (Å²) in [5, 5.41) is 4.19. The summed E-state index contributed by atoms with van der Waals surface area (Å²) in [6, 6.07) is 16.2.